The fraction of sp³-hybridized carbons (Fsp3) is 0.400. The van der Waals surface area contributed by atoms with Crippen LogP contribution in [0.15, 0.2) is 59.5 Å². The van der Waals surface area contributed by atoms with Gasteiger partial charge in [-0.15, -0.1) is 0 Å². The van der Waals surface area contributed by atoms with Crippen LogP contribution < -0.4 is 0 Å². The molecule has 3 rings (SSSR count). The molecule has 2 aromatic carbocycles. The Hall–Kier alpha value is -1.77. The first-order valence-corrected chi connectivity index (χ1v) is 12.3. The molecule has 1 aliphatic heterocycles. The lowest BCUT2D eigenvalue weighted by atomic mass is 10.2. The molecular formula is C20H24FNO4S2. The van der Waals surface area contributed by atoms with E-state index in [1.807, 2.05) is 35.2 Å². The van der Waals surface area contributed by atoms with E-state index in [1.54, 1.807) is 13.8 Å². The zero-order valence-corrected chi connectivity index (χ0v) is 17.5. The molecule has 0 aliphatic carbocycles. The molecule has 0 radical (unpaired) electrons. The van der Waals surface area contributed by atoms with Gasteiger partial charge in [0, 0.05) is 19.6 Å². The second kappa shape index (κ2) is 7.93. The van der Waals surface area contributed by atoms with E-state index < -0.39 is 41.2 Å². The van der Waals surface area contributed by atoms with Crippen molar-refractivity contribution in [1.29, 1.82) is 0 Å². The van der Waals surface area contributed by atoms with Gasteiger partial charge in [0.25, 0.3) is 0 Å². The Morgan fingerprint density at radius 1 is 0.929 bits per heavy atom. The number of rotatable bonds is 6. The third-order valence-electron chi connectivity index (χ3n) is 5.16. The highest BCUT2D eigenvalue weighted by Crippen LogP contribution is 2.31. The SMILES string of the molecule is CC(C)S(=O)(=O)[C@@H]1CN(Cc2ccccc2)C[C@H]1S(=O)(=O)c1ccc(F)cc1. The van der Waals surface area contributed by atoms with Gasteiger partial charge in [-0.3, -0.25) is 4.90 Å². The summed E-state index contributed by atoms with van der Waals surface area (Å²) in [4.78, 5) is 1.82. The van der Waals surface area contributed by atoms with Crippen LogP contribution in [0.25, 0.3) is 0 Å². The smallest absolute Gasteiger partial charge is 0.183 e. The zero-order valence-electron chi connectivity index (χ0n) is 15.8. The molecule has 2 atom stereocenters. The summed E-state index contributed by atoms with van der Waals surface area (Å²) >= 11 is 0. The van der Waals surface area contributed by atoms with Crippen molar-refractivity contribution >= 4 is 19.7 Å². The lowest BCUT2D eigenvalue weighted by Gasteiger charge is -2.21. The molecule has 0 spiro atoms. The van der Waals surface area contributed by atoms with Crippen LogP contribution in [0.3, 0.4) is 0 Å². The van der Waals surface area contributed by atoms with Crippen molar-refractivity contribution in [2.24, 2.45) is 0 Å². The predicted molar refractivity (Wildman–Crippen MR) is 107 cm³/mol. The topological polar surface area (TPSA) is 71.5 Å². The largest absolute Gasteiger partial charge is 0.296 e. The lowest BCUT2D eigenvalue weighted by Crippen LogP contribution is -2.41. The van der Waals surface area contributed by atoms with Gasteiger partial charge < -0.3 is 0 Å². The summed E-state index contributed by atoms with van der Waals surface area (Å²) < 4.78 is 65.5. The maximum absolute atomic E-state index is 13.2. The molecule has 5 nitrogen and oxygen atoms in total. The van der Waals surface area contributed by atoms with Gasteiger partial charge in [-0.25, -0.2) is 21.2 Å². The normalized spacial score (nSPS) is 21.3. The van der Waals surface area contributed by atoms with E-state index in [0.717, 1.165) is 17.7 Å². The van der Waals surface area contributed by atoms with E-state index in [2.05, 4.69) is 0 Å². The van der Waals surface area contributed by atoms with Gasteiger partial charge in [-0.05, 0) is 43.7 Å². The summed E-state index contributed by atoms with van der Waals surface area (Å²) in [6, 6.07) is 14.1. The van der Waals surface area contributed by atoms with Gasteiger partial charge in [-0.1, -0.05) is 30.3 Å². The minimum absolute atomic E-state index is 0.0515. The van der Waals surface area contributed by atoms with Gasteiger partial charge in [0.1, 0.15) is 5.82 Å². The van der Waals surface area contributed by atoms with Gasteiger partial charge in [0.15, 0.2) is 19.7 Å². The van der Waals surface area contributed by atoms with Gasteiger partial charge in [-0.2, -0.15) is 0 Å². The van der Waals surface area contributed by atoms with Crippen molar-refractivity contribution < 1.29 is 21.2 Å². The molecule has 28 heavy (non-hydrogen) atoms. The van der Waals surface area contributed by atoms with Gasteiger partial charge in [0.2, 0.25) is 0 Å². The molecule has 0 unspecified atom stereocenters. The van der Waals surface area contributed by atoms with Gasteiger partial charge >= 0.3 is 0 Å². The number of hydrogen-bond acceptors (Lipinski definition) is 5. The molecule has 0 bridgehead atoms. The van der Waals surface area contributed by atoms with Crippen molar-refractivity contribution in [3.8, 4) is 0 Å². The predicted octanol–water partition coefficient (Wildman–Crippen LogP) is 2.68. The summed E-state index contributed by atoms with van der Waals surface area (Å²) in [7, 11) is -7.58. The standard InChI is InChI=1S/C20H24FNO4S2/c1-15(2)27(23,24)19-13-22(12-16-6-4-3-5-7-16)14-20(19)28(25,26)18-10-8-17(21)9-11-18/h3-11,15,19-20H,12-14H2,1-2H3/t19-,20-/m1/s1. The molecule has 1 saturated heterocycles. The van der Waals surface area contributed by atoms with Crippen LogP contribution in [0, 0.1) is 5.82 Å². The molecule has 1 heterocycles. The van der Waals surface area contributed by atoms with Crippen molar-refractivity contribution in [2.45, 2.75) is 41.0 Å². The lowest BCUT2D eigenvalue weighted by molar-refractivity contribution is 0.331. The van der Waals surface area contributed by atoms with Crippen LogP contribution in [0.4, 0.5) is 4.39 Å². The highest BCUT2D eigenvalue weighted by atomic mass is 32.2. The van der Waals surface area contributed by atoms with Crippen LogP contribution in [0.1, 0.15) is 19.4 Å². The molecule has 8 heteroatoms. The van der Waals surface area contributed by atoms with E-state index in [9.17, 15) is 21.2 Å². The summed E-state index contributed by atoms with van der Waals surface area (Å²) in [6.45, 7) is 3.87. The molecule has 0 N–H and O–H groups in total. The van der Waals surface area contributed by atoms with E-state index in [1.165, 1.54) is 12.1 Å². The molecule has 0 saturated carbocycles. The molecular weight excluding hydrogens is 401 g/mol. The van der Waals surface area contributed by atoms with E-state index in [0.29, 0.717) is 6.54 Å². The summed E-state index contributed by atoms with van der Waals surface area (Å²) in [5, 5.41) is -2.79. The second-order valence-corrected chi connectivity index (χ2v) is 12.3. The molecule has 1 fully saturated rings. The Balaban J connectivity index is 1.96. The number of hydrogen-bond donors (Lipinski definition) is 0. The van der Waals surface area contributed by atoms with Crippen LogP contribution in [0.5, 0.6) is 0 Å². The Bertz CT molecular complexity index is 1020. The van der Waals surface area contributed by atoms with Crippen molar-refractivity contribution in [1.82, 2.24) is 4.90 Å². The first kappa shape index (κ1) is 21.0. The second-order valence-electron chi connectivity index (χ2n) is 7.39. The summed E-state index contributed by atoms with van der Waals surface area (Å²) in [5.41, 5.74) is 0.989. The molecule has 2 aromatic rings. The van der Waals surface area contributed by atoms with Crippen LogP contribution >= 0.6 is 0 Å². The van der Waals surface area contributed by atoms with Crippen LogP contribution in [-0.4, -0.2) is 50.6 Å². The third-order valence-corrected chi connectivity index (χ3v) is 10.2. The molecule has 0 aromatic heterocycles. The average molecular weight is 426 g/mol. The highest BCUT2D eigenvalue weighted by molar-refractivity contribution is 7.96. The van der Waals surface area contributed by atoms with E-state index >= 15 is 0 Å². The quantitative estimate of drug-likeness (QED) is 0.666. The van der Waals surface area contributed by atoms with Gasteiger partial charge in [0.05, 0.1) is 20.6 Å². The zero-order chi connectivity index (χ0) is 20.5. The maximum atomic E-state index is 13.2. The Kier molecular flexibility index (Phi) is 5.93. The van der Waals surface area contributed by atoms with E-state index in [4.69, 9.17) is 0 Å². The number of benzene rings is 2. The molecule has 152 valence electrons. The number of nitrogens with zero attached hydrogens (tertiary/aromatic N) is 1. The molecule has 1 aliphatic rings. The first-order valence-electron chi connectivity index (χ1n) is 9.11. The Labute approximate surface area is 166 Å². The maximum Gasteiger partial charge on any atom is 0.183 e. The number of likely N-dealkylation sites (tertiary alicyclic amines) is 1. The fourth-order valence-electron chi connectivity index (χ4n) is 3.55. The Morgan fingerprint density at radius 3 is 2.07 bits per heavy atom. The van der Waals surface area contributed by atoms with Crippen molar-refractivity contribution in [3.05, 3.63) is 66.0 Å². The van der Waals surface area contributed by atoms with E-state index in [-0.39, 0.29) is 18.0 Å². The number of sulfone groups is 2. The third kappa shape index (κ3) is 4.14. The molecule has 0 amide bonds. The average Bonchev–Trinajstić information content (AvgIpc) is 3.08. The minimum atomic E-state index is -3.93. The summed E-state index contributed by atoms with van der Waals surface area (Å²) in [6.07, 6.45) is 0. The van der Waals surface area contributed by atoms with Crippen molar-refractivity contribution in [2.75, 3.05) is 13.1 Å². The fourth-order valence-corrected chi connectivity index (χ4v) is 7.84. The first-order chi connectivity index (χ1) is 13.1. The Morgan fingerprint density at radius 2 is 1.50 bits per heavy atom. The van der Waals surface area contributed by atoms with Crippen molar-refractivity contribution in [3.63, 3.8) is 0 Å². The summed E-state index contributed by atoms with van der Waals surface area (Å²) in [5.74, 6) is -0.539. The van der Waals surface area contributed by atoms with Crippen LogP contribution in [0.2, 0.25) is 0 Å². The monoisotopic (exact) mass is 425 g/mol. The highest BCUT2D eigenvalue weighted by Gasteiger charge is 2.49. The van der Waals surface area contributed by atoms with Crippen LogP contribution in [-0.2, 0) is 26.2 Å². The minimum Gasteiger partial charge on any atom is -0.296 e. The number of halogens is 1.